The number of hydrogen-bond donors (Lipinski definition) is 2. The lowest BCUT2D eigenvalue weighted by molar-refractivity contribution is 0.541. The van der Waals surface area contributed by atoms with Crippen LogP contribution in [0, 0.1) is 11.6 Å². The molecule has 2 aromatic rings. The van der Waals surface area contributed by atoms with Crippen molar-refractivity contribution in [3.63, 3.8) is 0 Å². The molecular weight excluding hydrogens is 246 g/mol. The fourth-order valence-corrected chi connectivity index (χ4v) is 2.09. The van der Waals surface area contributed by atoms with Gasteiger partial charge in [0.2, 0.25) is 0 Å². The molecule has 0 spiro atoms. The average molecular weight is 262 g/mol. The van der Waals surface area contributed by atoms with Crippen molar-refractivity contribution in [3.05, 3.63) is 70.8 Å². The Morgan fingerprint density at radius 1 is 1.16 bits per heavy atom. The van der Waals surface area contributed by atoms with Gasteiger partial charge in [0.25, 0.3) is 0 Å². The second-order valence-electron chi connectivity index (χ2n) is 4.36. The summed E-state index contributed by atoms with van der Waals surface area (Å²) in [6.45, 7) is 2.04. The van der Waals surface area contributed by atoms with Crippen molar-refractivity contribution in [3.8, 4) is 0 Å². The lowest BCUT2D eigenvalue weighted by Crippen LogP contribution is -2.29. The van der Waals surface area contributed by atoms with E-state index in [1.165, 1.54) is 12.1 Å². The van der Waals surface area contributed by atoms with Crippen LogP contribution in [-0.2, 0) is 6.42 Å². The molecule has 0 fully saturated rings. The minimum absolute atomic E-state index is 0.331. The highest BCUT2D eigenvalue weighted by Gasteiger charge is 2.17. The third kappa shape index (κ3) is 2.97. The predicted molar refractivity (Wildman–Crippen MR) is 71.3 cm³/mol. The lowest BCUT2D eigenvalue weighted by atomic mass is 9.96. The van der Waals surface area contributed by atoms with Gasteiger partial charge in [0, 0.05) is 11.6 Å². The molecule has 0 bridgehead atoms. The van der Waals surface area contributed by atoms with Crippen LogP contribution in [0.5, 0.6) is 0 Å². The second kappa shape index (κ2) is 5.91. The molecule has 2 rings (SSSR count). The summed E-state index contributed by atoms with van der Waals surface area (Å²) in [4.78, 5) is 0. The van der Waals surface area contributed by atoms with Gasteiger partial charge in [0.1, 0.15) is 11.6 Å². The largest absolute Gasteiger partial charge is 0.271 e. The van der Waals surface area contributed by atoms with Gasteiger partial charge in [-0.15, -0.1) is 0 Å². The molecule has 0 aromatic heterocycles. The first-order valence-corrected chi connectivity index (χ1v) is 6.15. The molecule has 1 unspecified atom stereocenters. The molecule has 1 atom stereocenters. The van der Waals surface area contributed by atoms with Gasteiger partial charge in [-0.05, 0) is 23.6 Å². The first-order chi connectivity index (χ1) is 9.15. The number of nitrogens with two attached hydrogens (primary N) is 1. The molecule has 0 aliphatic heterocycles. The molecule has 0 amide bonds. The van der Waals surface area contributed by atoms with Crippen molar-refractivity contribution in [1.82, 2.24) is 5.43 Å². The zero-order valence-electron chi connectivity index (χ0n) is 10.7. The van der Waals surface area contributed by atoms with Crippen LogP contribution in [0.15, 0.2) is 42.5 Å². The van der Waals surface area contributed by atoms with Crippen molar-refractivity contribution in [1.29, 1.82) is 0 Å². The monoisotopic (exact) mass is 262 g/mol. The maximum atomic E-state index is 13.8. The molecule has 4 heteroatoms. The van der Waals surface area contributed by atoms with Gasteiger partial charge in [-0.1, -0.05) is 37.3 Å². The van der Waals surface area contributed by atoms with Gasteiger partial charge >= 0.3 is 0 Å². The highest BCUT2D eigenvalue weighted by Crippen LogP contribution is 2.25. The topological polar surface area (TPSA) is 38.0 Å². The summed E-state index contributed by atoms with van der Waals surface area (Å²) in [5.41, 5.74) is 4.91. The highest BCUT2D eigenvalue weighted by molar-refractivity contribution is 5.35. The third-order valence-corrected chi connectivity index (χ3v) is 3.13. The molecule has 0 radical (unpaired) electrons. The van der Waals surface area contributed by atoms with Crippen molar-refractivity contribution < 1.29 is 8.78 Å². The van der Waals surface area contributed by atoms with E-state index in [2.05, 4.69) is 5.43 Å². The molecule has 3 N–H and O–H groups in total. The summed E-state index contributed by atoms with van der Waals surface area (Å²) >= 11 is 0. The Labute approximate surface area is 111 Å². The molecule has 0 saturated heterocycles. The number of benzene rings is 2. The summed E-state index contributed by atoms with van der Waals surface area (Å²) < 4.78 is 26.8. The molecule has 2 nitrogen and oxygen atoms in total. The number of aryl methyl sites for hydroxylation is 1. The summed E-state index contributed by atoms with van der Waals surface area (Å²) in [6, 6.07) is 10.7. The fourth-order valence-electron chi connectivity index (χ4n) is 2.09. The Bertz CT molecular complexity index is 570. The van der Waals surface area contributed by atoms with Crippen LogP contribution in [0.3, 0.4) is 0 Å². The molecular formula is C15H16F2N2. The van der Waals surface area contributed by atoms with Gasteiger partial charge in [0.05, 0.1) is 6.04 Å². The first kappa shape index (κ1) is 13.6. The van der Waals surface area contributed by atoms with Crippen molar-refractivity contribution in [2.24, 2.45) is 5.84 Å². The van der Waals surface area contributed by atoms with Crippen molar-refractivity contribution >= 4 is 0 Å². The number of rotatable bonds is 4. The van der Waals surface area contributed by atoms with Crippen LogP contribution in [0.4, 0.5) is 8.78 Å². The minimum atomic E-state index is -0.607. The van der Waals surface area contributed by atoms with Crippen LogP contribution in [0.25, 0.3) is 0 Å². The maximum Gasteiger partial charge on any atom is 0.131 e. The summed E-state index contributed by atoms with van der Waals surface area (Å²) in [5.74, 6) is 4.32. The normalized spacial score (nSPS) is 12.4. The second-order valence-corrected chi connectivity index (χ2v) is 4.36. The molecule has 2 aromatic carbocycles. The van der Waals surface area contributed by atoms with E-state index >= 15 is 0 Å². The summed E-state index contributed by atoms with van der Waals surface area (Å²) in [7, 11) is 0. The zero-order valence-corrected chi connectivity index (χ0v) is 10.7. The van der Waals surface area contributed by atoms with E-state index in [9.17, 15) is 8.78 Å². The standard InChI is InChI=1S/C15H16F2N2/c1-2-10-4-3-5-11(8-10)15(19-18)13-7-6-12(16)9-14(13)17/h3-9,15,19H,2,18H2,1H3. The lowest BCUT2D eigenvalue weighted by Gasteiger charge is -2.18. The molecule has 0 saturated carbocycles. The van der Waals surface area contributed by atoms with Crippen LogP contribution in [0.1, 0.15) is 29.7 Å². The Hall–Kier alpha value is -1.78. The number of halogens is 2. The smallest absolute Gasteiger partial charge is 0.131 e. The van der Waals surface area contributed by atoms with Crippen LogP contribution in [-0.4, -0.2) is 0 Å². The van der Waals surface area contributed by atoms with Gasteiger partial charge in [-0.2, -0.15) is 0 Å². The van der Waals surface area contributed by atoms with E-state index in [-0.39, 0.29) is 0 Å². The van der Waals surface area contributed by atoms with Gasteiger partial charge < -0.3 is 0 Å². The quantitative estimate of drug-likeness (QED) is 0.656. The van der Waals surface area contributed by atoms with Crippen LogP contribution < -0.4 is 11.3 Å². The Kier molecular flexibility index (Phi) is 4.24. The summed E-state index contributed by atoms with van der Waals surface area (Å²) in [6.07, 6.45) is 0.886. The predicted octanol–water partition coefficient (Wildman–Crippen LogP) is 3.08. The van der Waals surface area contributed by atoms with Crippen LogP contribution >= 0.6 is 0 Å². The first-order valence-electron chi connectivity index (χ1n) is 6.15. The van der Waals surface area contributed by atoms with E-state index in [0.717, 1.165) is 23.6 Å². The van der Waals surface area contributed by atoms with E-state index < -0.39 is 17.7 Å². The molecule has 100 valence electrons. The Balaban J connectivity index is 2.43. The minimum Gasteiger partial charge on any atom is -0.271 e. The van der Waals surface area contributed by atoms with Crippen molar-refractivity contribution in [2.75, 3.05) is 0 Å². The van der Waals surface area contributed by atoms with Gasteiger partial charge in [-0.25, -0.2) is 14.2 Å². The third-order valence-electron chi connectivity index (χ3n) is 3.13. The SMILES string of the molecule is CCc1cccc(C(NN)c2ccc(F)cc2F)c1. The highest BCUT2D eigenvalue weighted by atomic mass is 19.1. The maximum absolute atomic E-state index is 13.8. The van der Waals surface area contributed by atoms with E-state index in [0.29, 0.717) is 5.56 Å². The van der Waals surface area contributed by atoms with Crippen LogP contribution in [0.2, 0.25) is 0 Å². The molecule has 0 heterocycles. The van der Waals surface area contributed by atoms with E-state index in [1.54, 1.807) is 0 Å². The van der Waals surface area contributed by atoms with Crippen molar-refractivity contribution in [2.45, 2.75) is 19.4 Å². The van der Waals surface area contributed by atoms with E-state index in [1.807, 2.05) is 31.2 Å². The molecule has 0 aliphatic rings. The number of hydrogen-bond acceptors (Lipinski definition) is 2. The molecule has 19 heavy (non-hydrogen) atoms. The fraction of sp³-hybridized carbons (Fsp3) is 0.200. The van der Waals surface area contributed by atoms with E-state index in [4.69, 9.17) is 5.84 Å². The Morgan fingerprint density at radius 2 is 1.95 bits per heavy atom. The number of hydrazine groups is 1. The zero-order chi connectivity index (χ0) is 13.8. The average Bonchev–Trinajstić information content (AvgIpc) is 2.42. The van der Waals surface area contributed by atoms with Gasteiger partial charge in [0.15, 0.2) is 0 Å². The molecule has 0 aliphatic carbocycles. The van der Waals surface area contributed by atoms with Gasteiger partial charge in [-0.3, -0.25) is 5.84 Å². The number of nitrogens with one attached hydrogen (secondary N) is 1. The Morgan fingerprint density at radius 3 is 2.58 bits per heavy atom. The summed E-state index contributed by atoms with van der Waals surface area (Å²) in [5, 5.41) is 0.